The molecule has 3 heterocycles. The first-order chi connectivity index (χ1) is 16.1. The predicted octanol–water partition coefficient (Wildman–Crippen LogP) is 1.89. The van der Waals surface area contributed by atoms with Crippen LogP contribution in [0.15, 0.2) is 64.3 Å². The van der Waals surface area contributed by atoms with E-state index in [-0.39, 0.29) is 5.91 Å². The van der Waals surface area contributed by atoms with Gasteiger partial charge in [-0.15, -0.1) is 0 Å². The number of hydrogen-bond donors (Lipinski definition) is 2. The SMILES string of the molecule is C=C/N=C1/C=NC(N2CCOCC2)=C/C1=C(/N)Nc1cc(C(=O)N2CCOCC2)ccc1C. The van der Waals surface area contributed by atoms with E-state index in [1.54, 1.807) is 6.21 Å². The molecule has 3 N–H and O–H groups in total. The van der Waals surface area contributed by atoms with Crippen LogP contribution in [0, 0.1) is 6.92 Å². The van der Waals surface area contributed by atoms with E-state index >= 15 is 0 Å². The van der Waals surface area contributed by atoms with Gasteiger partial charge in [-0.05, 0) is 30.7 Å². The van der Waals surface area contributed by atoms with Crippen LogP contribution in [0.3, 0.4) is 0 Å². The molecule has 0 radical (unpaired) electrons. The summed E-state index contributed by atoms with van der Waals surface area (Å²) in [6, 6.07) is 5.61. The first kappa shape index (κ1) is 22.8. The van der Waals surface area contributed by atoms with Gasteiger partial charge in [-0.2, -0.15) is 0 Å². The molecule has 33 heavy (non-hydrogen) atoms. The van der Waals surface area contributed by atoms with Gasteiger partial charge in [-0.25, -0.2) is 4.99 Å². The van der Waals surface area contributed by atoms with Gasteiger partial charge >= 0.3 is 0 Å². The Labute approximate surface area is 194 Å². The lowest BCUT2D eigenvalue weighted by Gasteiger charge is -2.30. The van der Waals surface area contributed by atoms with E-state index in [0.29, 0.717) is 56.6 Å². The summed E-state index contributed by atoms with van der Waals surface area (Å²) in [6.45, 7) is 10.8. The smallest absolute Gasteiger partial charge is 0.254 e. The van der Waals surface area contributed by atoms with Crippen LogP contribution < -0.4 is 11.1 Å². The Hall–Kier alpha value is -3.43. The Kier molecular flexibility index (Phi) is 7.21. The number of carbonyl (C=O) groups is 1. The van der Waals surface area contributed by atoms with Crippen LogP contribution in [-0.2, 0) is 9.47 Å². The van der Waals surface area contributed by atoms with Gasteiger partial charge in [-0.3, -0.25) is 9.79 Å². The van der Waals surface area contributed by atoms with Gasteiger partial charge in [0.15, 0.2) is 0 Å². The molecular weight excluding hydrogens is 420 g/mol. The number of allylic oxidation sites excluding steroid dienone is 2. The molecule has 0 aliphatic carbocycles. The molecule has 1 aromatic carbocycles. The Bertz CT molecular complexity index is 1030. The first-order valence-electron chi connectivity index (χ1n) is 11.1. The number of amides is 1. The van der Waals surface area contributed by atoms with E-state index in [0.717, 1.165) is 35.7 Å². The molecule has 2 saturated heterocycles. The number of ether oxygens (including phenoxy) is 2. The van der Waals surface area contributed by atoms with Crippen LogP contribution in [0.1, 0.15) is 15.9 Å². The van der Waals surface area contributed by atoms with Gasteiger partial charge in [0.05, 0.1) is 38.4 Å². The van der Waals surface area contributed by atoms with E-state index in [1.165, 1.54) is 6.20 Å². The molecule has 9 nitrogen and oxygen atoms in total. The molecule has 0 spiro atoms. The van der Waals surface area contributed by atoms with Crippen LogP contribution >= 0.6 is 0 Å². The number of hydrogen-bond acceptors (Lipinski definition) is 8. The van der Waals surface area contributed by atoms with Crippen LogP contribution in [0.2, 0.25) is 0 Å². The summed E-state index contributed by atoms with van der Waals surface area (Å²) in [5.74, 6) is 1.22. The third-order valence-corrected chi connectivity index (χ3v) is 5.78. The summed E-state index contributed by atoms with van der Waals surface area (Å²) < 4.78 is 10.8. The van der Waals surface area contributed by atoms with Crippen LogP contribution in [-0.4, -0.2) is 80.2 Å². The van der Waals surface area contributed by atoms with Crippen molar-refractivity contribution in [1.29, 1.82) is 0 Å². The minimum Gasteiger partial charge on any atom is -0.385 e. The Morgan fingerprint density at radius 1 is 1.18 bits per heavy atom. The van der Waals surface area contributed by atoms with Crippen molar-refractivity contribution in [3.8, 4) is 0 Å². The summed E-state index contributed by atoms with van der Waals surface area (Å²) >= 11 is 0. The minimum atomic E-state index is -0.0132. The molecule has 3 aliphatic rings. The highest BCUT2D eigenvalue weighted by molar-refractivity contribution is 6.40. The molecule has 174 valence electrons. The van der Waals surface area contributed by atoms with Crippen LogP contribution in [0.5, 0.6) is 0 Å². The van der Waals surface area contributed by atoms with Crippen LogP contribution in [0.25, 0.3) is 0 Å². The molecule has 4 rings (SSSR count). The minimum absolute atomic E-state index is 0.0132. The number of morpholine rings is 2. The van der Waals surface area contributed by atoms with Gasteiger partial charge in [0.1, 0.15) is 11.6 Å². The summed E-state index contributed by atoms with van der Waals surface area (Å²) in [7, 11) is 0. The standard InChI is InChI=1S/C24H30N6O3/c1-3-26-21-16-27-22(29-6-10-32-11-7-29)15-19(21)23(25)28-20-14-18(5-4-17(20)2)24(31)30-8-12-33-13-9-30/h3-5,14-16,28H,1,6-13,25H2,2H3/b23-19+,26-21-. The number of anilines is 1. The highest BCUT2D eigenvalue weighted by atomic mass is 16.5. The average Bonchev–Trinajstić information content (AvgIpc) is 2.86. The van der Waals surface area contributed by atoms with Crippen molar-refractivity contribution in [2.75, 3.05) is 57.9 Å². The second kappa shape index (κ2) is 10.5. The van der Waals surface area contributed by atoms with Gasteiger partial charge < -0.3 is 30.3 Å². The van der Waals surface area contributed by atoms with E-state index in [2.05, 4.69) is 26.8 Å². The van der Waals surface area contributed by atoms with Crippen molar-refractivity contribution in [1.82, 2.24) is 9.80 Å². The highest BCUT2D eigenvalue weighted by Gasteiger charge is 2.21. The lowest BCUT2D eigenvalue weighted by atomic mass is 10.1. The molecule has 1 aromatic rings. The van der Waals surface area contributed by atoms with Gasteiger partial charge in [-0.1, -0.05) is 12.6 Å². The zero-order valence-corrected chi connectivity index (χ0v) is 18.9. The quantitative estimate of drug-likeness (QED) is 0.710. The number of nitrogens with zero attached hydrogens (tertiary/aromatic N) is 4. The molecule has 0 aromatic heterocycles. The maximum atomic E-state index is 12.9. The molecule has 1 amide bonds. The summed E-state index contributed by atoms with van der Waals surface area (Å²) in [6.07, 6.45) is 5.09. The molecular formula is C24H30N6O3. The average molecular weight is 451 g/mol. The van der Waals surface area contributed by atoms with Crippen molar-refractivity contribution >= 4 is 23.5 Å². The lowest BCUT2D eigenvalue weighted by molar-refractivity contribution is 0.0303. The topological polar surface area (TPSA) is 105 Å². The normalized spacial score (nSPS) is 21.6. The van der Waals surface area contributed by atoms with Crippen molar-refractivity contribution in [2.45, 2.75) is 6.92 Å². The number of rotatable bonds is 5. The number of aryl methyl sites for hydroxylation is 1. The molecule has 0 unspecified atom stereocenters. The number of benzene rings is 1. The van der Waals surface area contributed by atoms with E-state index in [1.807, 2.05) is 36.1 Å². The van der Waals surface area contributed by atoms with Crippen molar-refractivity contribution in [3.05, 3.63) is 65.4 Å². The second-order valence-electron chi connectivity index (χ2n) is 7.94. The van der Waals surface area contributed by atoms with Gasteiger partial charge in [0.25, 0.3) is 5.91 Å². The Morgan fingerprint density at radius 2 is 1.88 bits per heavy atom. The molecule has 0 saturated carbocycles. The Morgan fingerprint density at radius 3 is 2.58 bits per heavy atom. The molecule has 0 bridgehead atoms. The number of aliphatic imine (C=N–C) groups is 2. The van der Waals surface area contributed by atoms with Gasteiger partial charge in [0.2, 0.25) is 0 Å². The largest absolute Gasteiger partial charge is 0.385 e. The second-order valence-corrected chi connectivity index (χ2v) is 7.94. The maximum Gasteiger partial charge on any atom is 0.254 e. The monoisotopic (exact) mass is 450 g/mol. The maximum absolute atomic E-state index is 12.9. The van der Waals surface area contributed by atoms with E-state index in [9.17, 15) is 4.79 Å². The van der Waals surface area contributed by atoms with Crippen molar-refractivity contribution in [3.63, 3.8) is 0 Å². The Balaban J connectivity index is 1.62. The molecule has 2 fully saturated rings. The fourth-order valence-corrected chi connectivity index (χ4v) is 3.87. The molecule has 9 heteroatoms. The van der Waals surface area contributed by atoms with E-state index in [4.69, 9.17) is 15.2 Å². The number of nitrogens with two attached hydrogens (primary N) is 1. The zero-order chi connectivity index (χ0) is 23.2. The lowest BCUT2D eigenvalue weighted by Crippen LogP contribution is -2.40. The zero-order valence-electron chi connectivity index (χ0n) is 18.9. The van der Waals surface area contributed by atoms with Gasteiger partial charge in [0, 0.05) is 49.2 Å². The summed E-state index contributed by atoms with van der Waals surface area (Å²) in [4.78, 5) is 25.8. The number of nitrogens with one attached hydrogen (secondary N) is 1. The molecule has 0 atom stereocenters. The third kappa shape index (κ3) is 5.32. The summed E-state index contributed by atoms with van der Waals surface area (Å²) in [5, 5.41) is 3.29. The molecule has 3 aliphatic heterocycles. The van der Waals surface area contributed by atoms with Crippen molar-refractivity contribution < 1.29 is 14.3 Å². The fraction of sp³-hybridized carbons (Fsp3) is 0.375. The highest BCUT2D eigenvalue weighted by Crippen LogP contribution is 2.23. The predicted molar refractivity (Wildman–Crippen MR) is 129 cm³/mol. The van der Waals surface area contributed by atoms with Crippen molar-refractivity contribution in [2.24, 2.45) is 15.7 Å². The first-order valence-corrected chi connectivity index (χ1v) is 11.1. The number of carbonyl (C=O) groups excluding carboxylic acids is 1. The van der Waals surface area contributed by atoms with E-state index < -0.39 is 0 Å². The summed E-state index contributed by atoms with van der Waals surface area (Å²) in [5.41, 5.74) is 10.2. The van der Waals surface area contributed by atoms with Crippen LogP contribution in [0.4, 0.5) is 5.69 Å². The fourth-order valence-electron chi connectivity index (χ4n) is 3.87. The third-order valence-electron chi connectivity index (χ3n) is 5.78.